The largest absolute Gasteiger partial charge is 0.457 e. The Balaban J connectivity index is 2.43. The molecule has 0 bridgehead atoms. The summed E-state index contributed by atoms with van der Waals surface area (Å²) in [5.41, 5.74) is 7.71. The van der Waals surface area contributed by atoms with E-state index in [1.54, 1.807) is 6.26 Å². The first-order valence-electron chi connectivity index (χ1n) is 6.06. The summed E-state index contributed by atoms with van der Waals surface area (Å²) >= 11 is 4.66. The number of halogens is 1. The van der Waals surface area contributed by atoms with Gasteiger partial charge in [0.1, 0.15) is 10.5 Å². The first-order valence-corrected chi connectivity index (χ1v) is 7.67. The van der Waals surface area contributed by atoms with Crippen molar-refractivity contribution in [2.45, 2.75) is 33.3 Å². The second kappa shape index (κ2) is 5.26. The third-order valence-corrected chi connectivity index (χ3v) is 4.58. The summed E-state index contributed by atoms with van der Waals surface area (Å²) in [6.45, 7) is 7.37. The molecule has 20 heavy (non-hydrogen) atoms. The molecule has 0 aromatic carbocycles. The number of rotatable bonds is 2. The lowest BCUT2D eigenvalue weighted by Crippen LogP contribution is -2.23. The molecule has 0 aliphatic heterocycles. The van der Waals surface area contributed by atoms with Crippen molar-refractivity contribution in [2.75, 3.05) is 5.73 Å². The molecular formula is C14H16BrNO3S. The van der Waals surface area contributed by atoms with Crippen LogP contribution in [0.1, 0.15) is 36.0 Å². The van der Waals surface area contributed by atoms with E-state index in [2.05, 4.69) is 15.9 Å². The van der Waals surface area contributed by atoms with Gasteiger partial charge in [0, 0.05) is 10.4 Å². The molecule has 2 aromatic rings. The normalized spacial score (nSPS) is 11.7. The fraction of sp³-hybridized carbons (Fsp3) is 0.357. The highest BCUT2D eigenvalue weighted by Gasteiger charge is 2.25. The highest BCUT2D eigenvalue weighted by molar-refractivity contribution is 9.10. The predicted octanol–water partition coefficient (Wildman–Crippen LogP) is 4.62. The molecule has 0 aliphatic carbocycles. The summed E-state index contributed by atoms with van der Waals surface area (Å²) in [6, 6.07) is 1.83. The monoisotopic (exact) mass is 357 g/mol. The van der Waals surface area contributed by atoms with Crippen LogP contribution in [0.15, 0.2) is 21.4 Å². The summed E-state index contributed by atoms with van der Waals surface area (Å²) < 4.78 is 11.2. The number of thiophene rings is 1. The van der Waals surface area contributed by atoms with Gasteiger partial charge in [-0.05, 0) is 55.3 Å². The molecule has 2 N–H and O–H groups in total. The minimum Gasteiger partial charge on any atom is -0.457 e. The van der Waals surface area contributed by atoms with Crippen LogP contribution >= 0.6 is 27.3 Å². The molecule has 2 aromatic heterocycles. The topological polar surface area (TPSA) is 65.5 Å². The smallest absolute Gasteiger partial charge is 0.351 e. The Morgan fingerprint density at radius 3 is 2.60 bits per heavy atom. The zero-order valence-corrected chi connectivity index (χ0v) is 14.1. The van der Waals surface area contributed by atoms with E-state index in [1.165, 1.54) is 11.3 Å². The number of anilines is 1. The Bertz CT molecular complexity index is 652. The van der Waals surface area contributed by atoms with Crippen molar-refractivity contribution in [2.24, 2.45) is 0 Å². The maximum atomic E-state index is 12.2. The van der Waals surface area contributed by atoms with E-state index in [-0.39, 0.29) is 0 Å². The SMILES string of the molecule is Cc1c(-c2ccoc2Br)sc(C(=O)OC(C)(C)C)c1N. The van der Waals surface area contributed by atoms with Gasteiger partial charge in [0.15, 0.2) is 4.67 Å². The Kier molecular flexibility index (Phi) is 3.97. The fourth-order valence-electron chi connectivity index (χ4n) is 1.71. The summed E-state index contributed by atoms with van der Waals surface area (Å²) in [5, 5.41) is 0. The summed E-state index contributed by atoms with van der Waals surface area (Å²) in [6.07, 6.45) is 1.59. The van der Waals surface area contributed by atoms with Gasteiger partial charge in [-0.3, -0.25) is 0 Å². The van der Waals surface area contributed by atoms with Crippen molar-refractivity contribution >= 4 is 38.9 Å². The maximum absolute atomic E-state index is 12.2. The number of furan rings is 1. The van der Waals surface area contributed by atoms with Crippen LogP contribution in [0.25, 0.3) is 10.4 Å². The van der Waals surface area contributed by atoms with Crippen molar-refractivity contribution in [3.05, 3.63) is 27.4 Å². The zero-order chi connectivity index (χ0) is 15.1. The standard InChI is InChI=1S/C14H16BrNO3S/c1-7-9(16)11(13(17)19-14(2,3)4)20-10(7)8-5-6-18-12(8)15/h5-6H,16H2,1-4H3. The van der Waals surface area contributed by atoms with Gasteiger partial charge >= 0.3 is 5.97 Å². The summed E-state index contributed by atoms with van der Waals surface area (Å²) in [4.78, 5) is 13.5. The molecule has 0 spiro atoms. The Morgan fingerprint density at radius 1 is 1.45 bits per heavy atom. The molecule has 2 heterocycles. The molecule has 0 saturated heterocycles. The molecule has 0 aliphatic rings. The molecule has 0 unspecified atom stereocenters. The number of hydrogen-bond acceptors (Lipinski definition) is 5. The van der Waals surface area contributed by atoms with Crippen LogP contribution in [-0.4, -0.2) is 11.6 Å². The third kappa shape index (κ3) is 2.91. The fourth-order valence-corrected chi connectivity index (χ4v) is 3.41. The zero-order valence-electron chi connectivity index (χ0n) is 11.7. The Labute approximate surface area is 130 Å². The molecule has 0 amide bonds. The van der Waals surface area contributed by atoms with Crippen LogP contribution in [0, 0.1) is 6.92 Å². The van der Waals surface area contributed by atoms with E-state index in [9.17, 15) is 4.79 Å². The minimum atomic E-state index is -0.544. The first-order chi connectivity index (χ1) is 9.20. The van der Waals surface area contributed by atoms with Crippen LogP contribution < -0.4 is 5.73 Å². The number of carbonyl (C=O) groups is 1. The number of nitrogens with two attached hydrogens (primary N) is 1. The molecule has 4 nitrogen and oxygen atoms in total. The van der Waals surface area contributed by atoms with Crippen molar-refractivity contribution in [1.82, 2.24) is 0 Å². The van der Waals surface area contributed by atoms with Gasteiger partial charge in [0.25, 0.3) is 0 Å². The van der Waals surface area contributed by atoms with E-state index in [1.807, 2.05) is 33.8 Å². The van der Waals surface area contributed by atoms with Gasteiger partial charge in [0.05, 0.1) is 12.0 Å². The van der Waals surface area contributed by atoms with E-state index >= 15 is 0 Å². The van der Waals surface area contributed by atoms with Crippen molar-refractivity contribution in [3.8, 4) is 10.4 Å². The molecule has 0 atom stereocenters. The molecule has 0 saturated carbocycles. The van der Waals surface area contributed by atoms with Gasteiger partial charge in [-0.15, -0.1) is 11.3 Å². The first kappa shape index (κ1) is 15.1. The van der Waals surface area contributed by atoms with Crippen LogP contribution in [-0.2, 0) is 4.74 Å². The van der Waals surface area contributed by atoms with Crippen molar-refractivity contribution in [1.29, 1.82) is 0 Å². The molecule has 108 valence electrons. The number of nitrogen functional groups attached to an aromatic ring is 1. The van der Waals surface area contributed by atoms with Gasteiger partial charge in [-0.25, -0.2) is 4.79 Å². The number of esters is 1. The van der Waals surface area contributed by atoms with E-state index in [0.717, 1.165) is 16.0 Å². The second-order valence-corrected chi connectivity index (χ2v) is 7.15. The third-order valence-electron chi connectivity index (χ3n) is 2.64. The highest BCUT2D eigenvalue weighted by Crippen LogP contribution is 2.42. The lowest BCUT2D eigenvalue weighted by atomic mass is 10.1. The maximum Gasteiger partial charge on any atom is 0.351 e. The predicted molar refractivity (Wildman–Crippen MR) is 84.0 cm³/mol. The van der Waals surface area contributed by atoms with Crippen LogP contribution in [0.3, 0.4) is 0 Å². The number of hydrogen-bond donors (Lipinski definition) is 1. The van der Waals surface area contributed by atoms with E-state index in [4.69, 9.17) is 14.9 Å². The molecular weight excluding hydrogens is 342 g/mol. The van der Waals surface area contributed by atoms with Crippen LogP contribution in [0.4, 0.5) is 5.69 Å². The highest BCUT2D eigenvalue weighted by atomic mass is 79.9. The Morgan fingerprint density at radius 2 is 2.10 bits per heavy atom. The average Bonchev–Trinajstić information content (AvgIpc) is 2.83. The molecule has 0 radical (unpaired) electrons. The quantitative estimate of drug-likeness (QED) is 0.796. The second-order valence-electron chi connectivity index (χ2n) is 5.41. The molecule has 0 fully saturated rings. The van der Waals surface area contributed by atoms with Gasteiger partial charge in [-0.1, -0.05) is 0 Å². The number of ether oxygens (including phenoxy) is 1. The Hall–Kier alpha value is -1.27. The average molecular weight is 358 g/mol. The van der Waals surface area contributed by atoms with Crippen LogP contribution in [0.5, 0.6) is 0 Å². The molecule has 2 rings (SSSR count). The number of carbonyl (C=O) groups excluding carboxylic acids is 1. The van der Waals surface area contributed by atoms with Gasteiger partial charge in [0.2, 0.25) is 0 Å². The molecule has 6 heteroatoms. The minimum absolute atomic E-state index is 0.394. The summed E-state index contributed by atoms with van der Waals surface area (Å²) in [7, 11) is 0. The van der Waals surface area contributed by atoms with Gasteiger partial charge < -0.3 is 14.9 Å². The lowest BCUT2D eigenvalue weighted by Gasteiger charge is -2.19. The van der Waals surface area contributed by atoms with E-state index in [0.29, 0.717) is 15.2 Å². The van der Waals surface area contributed by atoms with Crippen molar-refractivity contribution in [3.63, 3.8) is 0 Å². The van der Waals surface area contributed by atoms with Gasteiger partial charge in [-0.2, -0.15) is 0 Å². The van der Waals surface area contributed by atoms with E-state index < -0.39 is 11.6 Å². The van der Waals surface area contributed by atoms with Crippen LogP contribution in [0.2, 0.25) is 0 Å². The lowest BCUT2D eigenvalue weighted by molar-refractivity contribution is 0.00763. The van der Waals surface area contributed by atoms with Crippen molar-refractivity contribution < 1.29 is 13.9 Å². The summed E-state index contributed by atoms with van der Waals surface area (Å²) in [5.74, 6) is -0.394.